The Morgan fingerprint density at radius 1 is 1.10 bits per heavy atom. The molecule has 0 N–H and O–H groups in total. The number of hydrogen-bond donors (Lipinski definition) is 0. The van der Waals surface area contributed by atoms with Gasteiger partial charge in [-0.1, -0.05) is 18.2 Å². The second kappa shape index (κ2) is 8.92. The van der Waals surface area contributed by atoms with Gasteiger partial charge in [0, 0.05) is 49.9 Å². The van der Waals surface area contributed by atoms with Crippen LogP contribution in [0.2, 0.25) is 0 Å². The first kappa shape index (κ1) is 22.3. The lowest BCUT2D eigenvalue weighted by Gasteiger charge is -2.39. The van der Waals surface area contributed by atoms with Crippen LogP contribution in [0.3, 0.4) is 0 Å². The van der Waals surface area contributed by atoms with E-state index in [2.05, 4.69) is 18.7 Å². The molecule has 0 spiro atoms. The van der Waals surface area contributed by atoms with Gasteiger partial charge in [-0.15, -0.1) is 0 Å². The molecule has 1 amide bonds. The molecule has 4 rings (SSSR count). The number of benzene rings is 1. The lowest BCUT2D eigenvalue weighted by atomic mass is 9.95. The molecule has 2 fully saturated rings. The van der Waals surface area contributed by atoms with E-state index in [1.54, 1.807) is 6.07 Å². The predicted octanol–water partition coefficient (Wildman–Crippen LogP) is 2.94. The number of morpholine rings is 1. The van der Waals surface area contributed by atoms with Crippen molar-refractivity contribution >= 4 is 26.7 Å². The highest BCUT2D eigenvalue weighted by molar-refractivity contribution is 7.89. The quantitative estimate of drug-likeness (QED) is 0.700. The number of nitrogens with zero attached hydrogens (tertiary/aromatic N) is 2. The zero-order valence-corrected chi connectivity index (χ0v) is 19.4. The van der Waals surface area contributed by atoms with Crippen LogP contribution in [0.1, 0.15) is 42.8 Å². The average Bonchev–Trinajstić information content (AvgIpc) is 3.04. The van der Waals surface area contributed by atoms with Crippen LogP contribution in [0, 0.1) is 5.92 Å². The summed E-state index contributed by atoms with van der Waals surface area (Å²) in [6.45, 7) is 8.50. The third kappa shape index (κ3) is 5.30. The molecule has 7 nitrogen and oxygen atoms in total. The van der Waals surface area contributed by atoms with E-state index in [4.69, 9.17) is 9.15 Å². The fraction of sp³-hybridized carbons (Fsp3) is 0.609. The minimum Gasteiger partial charge on any atom is -0.451 e. The van der Waals surface area contributed by atoms with E-state index in [1.165, 1.54) is 6.26 Å². The first-order chi connectivity index (χ1) is 14.7. The standard InChI is InChI=1S/C23H32N2O5S/c1-16-12-24(13-17(2)29-16)14-18-8-10-25(11-9-18)23(26)22-20(15-31(3,27)28)19-6-4-5-7-21(19)30-22/h4-7,16-18H,8-15H2,1-3H3. The second-order valence-electron chi connectivity index (χ2n) is 9.19. The highest BCUT2D eigenvalue weighted by Gasteiger charge is 2.31. The Bertz CT molecular complexity index is 1030. The minimum atomic E-state index is -3.31. The SMILES string of the molecule is CC1CN(CC2CCN(C(=O)c3oc4ccccc4c3CS(C)(=O)=O)CC2)CC(C)O1. The summed E-state index contributed by atoms with van der Waals surface area (Å²) < 4.78 is 35.7. The Kier molecular flexibility index (Phi) is 6.42. The van der Waals surface area contributed by atoms with Crippen LogP contribution < -0.4 is 0 Å². The summed E-state index contributed by atoms with van der Waals surface area (Å²) in [5.74, 6) is 0.310. The molecule has 0 aliphatic carbocycles. The van der Waals surface area contributed by atoms with Crippen LogP contribution >= 0.6 is 0 Å². The number of carbonyl (C=O) groups excluding carboxylic acids is 1. The Hall–Kier alpha value is -1.90. The van der Waals surface area contributed by atoms with Gasteiger partial charge in [0.05, 0.1) is 18.0 Å². The molecule has 2 unspecified atom stereocenters. The molecule has 1 aromatic heterocycles. The van der Waals surface area contributed by atoms with E-state index in [9.17, 15) is 13.2 Å². The maximum atomic E-state index is 13.3. The number of amides is 1. The number of sulfone groups is 1. The maximum absolute atomic E-state index is 13.3. The van der Waals surface area contributed by atoms with Crippen molar-refractivity contribution in [1.29, 1.82) is 0 Å². The summed E-state index contributed by atoms with van der Waals surface area (Å²) in [5.41, 5.74) is 1.02. The monoisotopic (exact) mass is 448 g/mol. The number of para-hydroxylation sites is 1. The van der Waals surface area contributed by atoms with E-state index >= 15 is 0 Å². The van der Waals surface area contributed by atoms with Gasteiger partial charge < -0.3 is 14.1 Å². The number of ether oxygens (including phenoxy) is 1. The number of rotatable bonds is 5. The van der Waals surface area contributed by atoms with Crippen molar-refractivity contribution in [2.24, 2.45) is 5.92 Å². The summed E-state index contributed by atoms with van der Waals surface area (Å²) in [6, 6.07) is 7.24. The van der Waals surface area contributed by atoms with E-state index in [0.29, 0.717) is 35.5 Å². The zero-order valence-electron chi connectivity index (χ0n) is 18.5. The molecule has 31 heavy (non-hydrogen) atoms. The Labute approximate surface area is 184 Å². The van der Waals surface area contributed by atoms with Crippen LogP contribution in [0.15, 0.2) is 28.7 Å². The Morgan fingerprint density at radius 3 is 2.39 bits per heavy atom. The Balaban J connectivity index is 1.44. The van der Waals surface area contributed by atoms with Gasteiger partial charge in [0.2, 0.25) is 0 Å². The lowest BCUT2D eigenvalue weighted by molar-refractivity contribution is -0.0729. The minimum absolute atomic E-state index is 0.168. The van der Waals surface area contributed by atoms with E-state index in [0.717, 1.165) is 32.5 Å². The number of likely N-dealkylation sites (tertiary alicyclic amines) is 1. The van der Waals surface area contributed by atoms with Crippen molar-refractivity contribution in [3.05, 3.63) is 35.6 Å². The molecule has 3 heterocycles. The summed E-state index contributed by atoms with van der Waals surface area (Å²) in [6.07, 6.45) is 3.57. The van der Waals surface area contributed by atoms with E-state index < -0.39 is 9.84 Å². The van der Waals surface area contributed by atoms with Crippen LogP contribution in [0.5, 0.6) is 0 Å². The molecule has 8 heteroatoms. The summed E-state index contributed by atoms with van der Waals surface area (Å²) in [5, 5.41) is 0.696. The molecular weight excluding hydrogens is 416 g/mol. The van der Waals surface area contributed by atoms with Crippen molar-refractivity contribution < 1.29 is 22.4 Å². The van der Waals surface area contributed by atoms with Gasteiger partial charge >= 0.3 is 0 Å². The van der Waals surface area contributed by atoms with Gasteiger partial charge in [-0.25, -0.2) is 8.42 Å². The second-order valence-corrected chi connectivity index (χ2v) is 11.3. The third-order valence-electron chi connectivity index (χ3n) is 6.21. The van der Waals surface area contributed by atoms with Gasteiger partial charge in [-0.05, 0) is 38.7 Å². The number of carbonyl (C=O) groups is 1. The molecule has 0 bridgehead atoms. The fourth-order valence-corrected chi connectivity index (χ4v) is 5.75. The highest BCUT2D eigenvalue weighted by atomic mass is 32.2. The smallest absolute Gasteiger partial charge is 0.289 e. The molecule has 0 saturated carbocycles. The maximum Gasteiger partial charge on any atom is 0.289 e. The van der Waals surface area contributed by atoms with Gasteiger partial charge in [0.15, 0.2) is 15.6 Å². The van der Waals surface area contributed by atoms with Gasteiger partial charge in [0.1, 0.15) is 5.58 Å². The topological polar surface area (TPSA) is 80.1 Å². The number of fused-ring (bicyclic) bond motifs is 1. The largest absolute Gasteiger partial charge is 0.451 e. The first-order valence-electron chi connectivity index (χ1n) is 11.0. The molecule has 0 radical (unpaired) electrons. The van der Waals surface area contributed by atoms with Crippen LogP contribution in [0.25, 0.3) is 11.0 Å². The van der Waals surface area contributed by atoms with Crippen molar-refractivity contribution in [3.63, 3.8) is 0 Å². The van der Waals surface area contributed by atoms with E-state index in [-0.39, 0.29) is 29.6 Å². The van der Waals surface area contributed by atoms with Gasteiger partial charge in [0.25, 0.3) is 5.91 Å². The van der Waals surface area contributed by atoms with Crippen molar-refractivity contribution in [1.82, 2.24) is 9.80 Å². The van der Waals surface area contributed by atoms with Gasteiger partial charge in [-0.2, -0.15) is 0 Å². The predicted molar refractivity (Wildman–Crippen MR) is 120 cm³/mol. The van der Waals surface area contributed by atoms with Crippen molar-refractivity contribution in [2.75, 3.05) is 39.0 Å². The molecular formula is C23H32N2O5S. The third-order valence-corrected chi connectivity index (χ3v) is 7.03. The van der Waals surface area contributed by atoms with Crippen LogP contribution in [-0.4, -0.2) is 75.3 Å². The molecule has 1 aromatic carbocycles. The number of piperidine rings is 1. The normalized spacial score (nSPS) is 24.0. The summed E-state index contributed by atoms with van der Waals surface area (Å²) in [7, 11) is -3.31. The molecule has 2 saturated heterocycles. The zero-order chi connectivity index (χ0) is 22.2. The summed E-state index contributed by atoms with van der Waals surface area (Å²) >= 11 is 0. The molecule has 170 valence electrons. The number of furan rings is 1. The van der Waals surface area contributed by atoms with Gasteiger partial charge in [-0.3, -0.25) is 9.69 Å². The molecule has 2 aromatic rings. The average molecular weight is 449 g/mol. The lowest BCUT2D eigenvalue weighted by Crippen LogP contribution is -2.48. The summed E-state index contributed by atoms with van der Waals surface area (Å²) in [4.78, 5) is 17.6. The van der Waals surface area contributed by atoms with Crippen LogP contribution in [0.4, 0.5) is 0 Å². The van der Waals surface area contributed by atoms with Crippen molar-refractivity contribution in [3.8, 4) is 0 Å². The first-order valence-corrected chi connectivity index (χ1v) is 13.1. The van der Waals surface area contributed by atoms with Crippen molar-refractivity contribution in [2.45, 2.75) is 44.6 Å². The molecule has 2 aliphatic heterocycles. The number of hydrogen-bond acceptors (Lipinski definition) is 6. The van der Waals surface area contributed by atoms with Crippen LogP contribution in [-0.2, 0) is 20.3 Å². The molecule has 2 aliphatic rings. The fourth-order valence-electron chi connectivity index (χ4n) is 4.94. The molecule has 2 atom stereocenters. The Morgan fingerprint density at radius 2 is 1.74 bits per heavy atom. The highest BCUT2D eigenvalue weighted by Crippen LogP contribution is 2.30. The van der Waals surface area contributed by atoms with E-state index in [1.807, 2.05) is 23.1 Å².